The van der Waals surface area contributed by atoms with E-state index in [1.54, 1.807) is 38.2 Å². The van der Waals surface area contributed by atoms with Crippen molar-refractivity contribution in [3.8, 4) is 0 Å². The van der Waals surface area contributed by atoms with Crippen LogP contribution in [0.25, 0.3) is 0 Å². The molecule has 194 valence electrons. The topological polar surface area (TPSA) is 149 Å². The molecule has 1 aromatic carbocycles. The fourth-order valence-electron chi connectivity index (χ4n) is 3.67. The highest BCUT2D eigenvalue weighted by Crippen LogP contribution is 2.19. The molecule has 5 N–H and O–H groups in total. The van der Waals surface area contributed by atoms with Gasteiger partial charge in [0.15, 0.2) is 0 Å². The Labute approximate surface area is 210 Å². The van der Waals surface area contributed by atoms with Gasteiger partial charge in [-0.3, -0.25) is 24.0 Å². The second kappa shape index (κ2) is 13.8. The fraction of sp³-hybridized carbons (Fsp3) is 0.400. The van der Waals surface area contributed by atoms with Crippen LogP contribution < -0.4 is 26.6 Å². The Morgan fingerprint density at radius 3 is 2.50 bits per heavy atom. The number of rotatable bonds is 12. The number of anilines is 1. The first-order valence-electron chi connectivity index (χ1n) is 11.7. The standard InChI is InChI=1S/C25H34N6O5/c1-5-21(32)27-15-19(30-23(34)16(3)26-4)25(36)31-12-8-11-20(31)24(35)28-14-17-9-7-10-18(13-17)29-22(33)6-2/h5-7,9-10,13,16,19-20,26H,1-2,8,11-12,14-15H2,3-4H3,(H,27,32)(H,28,35)(H,29,33)(H,30,34). The van der Waals surface area contributed by atoms with Crippen LogP contribution in [-0.2, 0) is 30.5 Å². The summed E-state index contributed by atoms with van der Waals surface area (Å²) in [4.78, 5) is 63.4. The van der Waals surface area contributed by atoms with Crippen LogP contribution in [0.15, 0.2) is 49.6 Å². The average Bonchev–Trinajstić information content (AvgIpc) is 3.38. The Morgan fingerprint density at radius 2 is 1.83 bits per heavy atom. The molecule has 0 bridgehead atoms. The van der Waals surface area contributed by atoms with Crippen LogP contribution in [0.4, 0.5) is 5.69 Å². The van der Waals surface area contributed by atoms with Crippen molar-refractivity contribution in [2.75, 3.05) is 25.5 Å². The van der Waals surface area contributed by atoms with Crippen molar-refractivity contribution in [2.45, 2.75) is 44.4 Å². The minimum Gasteiger partial charge on any atom is -0.350 e. The molecule has 1 heterocycles. The summed E-state index contributed by atoms with van der Waals surface area (Å²) in [5, 5.41) is 13.5. The van der Waals surface area contributed by atoms with E-state index in [1.807, 2.05) is 0 Å². The number of likely N-dealkylation sites (tertiary alicyclic amines) is 1. The molecule has 0 radical (unpaired) electrons. The third-order valence-electron chi connectivity index (χ3n) is 5.79. The third kappa shape index (κ3) is 8.05. The Bertz CT molecular complexity index is 1010. The molecular weight excluding hydrogens is 464 g/mol. The molecule has 2 rings (SSSR count). The van der Waals surface area contributed by atoms with Gasteiger partial charge in [-0.25, -0.2) is 0 Å². The van der Waals surface area contributed by atoms with Gasteiger partial charge in [0, 0.05) is 25.3 Å². The number of likely N-dealkylation sites (N-methyl/N-ethyl adjacent to an activating group) is 1. The van der Waals surface area contributed by atoms with Crippen LogP contribution >= 0.6 is 0 Å². The van der Waals surface area contributed by atoms with Crippen molar-refractivity contribution < 1.29 is 24.0 Å². The van der Waals surface area contributed by atoms with E-state index in [0.29, 0.717) is 25.1 Å². The molecule has 1 fully saturated rings. The zero-order valence-electron chi connectivity index (χ0n) is 20.6. The van der Waals surface area contributed by atoms with Gasteiger partial charge in [0.2, 0.25) is 29.5 Å². The lowest BCUT2D eigenvalue weighted by molar-refractivity contribution is -0.141. The molecule has 11 heteroatoms. The molecule has 1 aliphatic heterocycles. The van der Waals surface area contributed by atoms with Crippen molar-refractivity contribution >= 4 is 35.2 Å². The first-order chi connectivity index (χ1) is 17.2. The maximum absolute atomic E-state index is 13.3. The first-order valence-corrected chi connectivity index (χ1v) is 11.7. The van der Waals surface area contributed by atoms with Crippen molar-refractivity contribution in [2.24, 2.45) is 0 Å². The summed E-state index contributed by atoms with van der Waals surface area (Å²) in [6.07, 6.45) is 3.33. The summed E-state index contributed by atoms with van der Waals surface area (Å²) in [7, 11) is 1.62. The minimum absolute atomic E-state index is 0.139. The molecule has 1 aromatic rings. The predicted octanol–water partition coefficient (Wildman–Crippen LogP) is -0.187. The largest absolute Gasteiger partial charge is 0.350 e. The van der Waals surface area contributed by atoms with E-state index < -0.39 is 35.8 Å². The molecule has 36 heavy (non-hydrogen) atoms. The maximum atomic E-state index is 13.3. The summed E-state index contributed by atoms with van der Waals surface area (Å²) in [6.45, 7) is 8.85. The van der Waals surface area contributed by atoms with Crippen LogP contribution in [-0.4, -0.2) is 72.7 Å². The average molecular weight is 499 g/mol. The molecular formula is C25H34N6O5. The van der Waals surface area contributed by atoms with Crippen molar-refractivity contribution in [3.63, 3.8) is 0 Å². The Balaban J connectivity index is 2.07. The smallest absolute Gasteiger partial charge is 0.247 e. The molecule has 0 aliphatic carbocycles. The van der Waals surface area contributed by atoms with Gasteiger partial charge in [0.05, 0.1) is 6.04 Å². The van der Waals surface area contributed by atoms with Crippen LogP contribution in [0.1, 0.15) is 25.3 Å². The molecule has 1 aliphatic rings. The van der Waals surface area contributed by atoms with Gasteiger partial charge in [-0.2, -0.15) is 0 Å². The predicted molar refractivity (Wildman–Crippen MR) is 136 cm³/mol. The highest BCUT2D eigenvalue weighted by atomic mass is 16.2. The lowest BCUT2D eigenvalue weighted by atomic mass is 10.1. The molecule has 11 nitrogen and oxygen atoms in total. The fourth-order valence-corrected chi connectivity index (χ4v) is 3.67. The van der Waals surface area contributed by atoms with E-state index >= 15 is 0 Å². The van der Waals surface area contributed by atoms with Crippen molar-refractivity contribution in [1.82, 2.24) is 26.2 Å². The molecule has 3 atom stereocenters. The van der Waals surface area contributed by atoms with Gasteiger partial charge >= 0.3 is 0 Å². The summed E-state index contributed by atoms with van der Waals surface area (Å²) in [5.41, 5.74) is 1.33. The number of nitrogens with one attached hydrogen (secondary N) is 5. The lowest BCUT2D eigenvalue weighted by Gasteiger charge is -2.29. The molecule has 3 unspecified atom stereocenters. The second-order valence-corrected chi connectivity index (χ2v) is 8.32. The van der Waals surface area contributed by atoms with E-state index in [4.69, 9.17) is 0 Å². The monoisotopic (exact) mass is 498 g/mol. The molecule has 0 aromatic heterocycles. The van der Waals surface area contributed by atoms with E-state index in [9.17, 15) is 24.0 Å². The van der Waals surface area contributed by atoms with Crippen LogP contribution in [0.5, 0.6) is 0 Å². The number of amides is 5. The highest BCUT2D eigenvalue weighted by molar-refractivity contribution is 5.99. The Hall–Kier alpha value is -3.99. The SMILES string of the molecule is C=CC(=O)NCC(NC(=O)C(C)NC)C(=O)N1CCCC1C(=O)NCc1cccc(NC(=O)C=C)c1. The number of hydrogen-bond donors (Lipinski definition) is 5. The van der Waals surface area contributed by atoms with Crippen molar-refractivity contribution in [1.29, 1.82) is 0 Å². The minimum atomic E-state index is -1.05. The third-order valence-corrected chi connectivity index (χ3v) is 5.79. The molecule has 1 saturated heterocycles. The quantitative estimate of drug-likeness (QED) is 0.252. The summed E-state index contributed by atoms with van der Waals surface area (Å²) >= 11 is 0. The maximum Gasteiger partial charge on any atom is 0.247 e. The van der Waals surface area contributed by atoms with E-state index in [-0.39, 0.29) is 24.9 Å². The van der Waals surface area contributed by atoms with E-state index in [0.717, 1.165) is 17.7 Å². The zero-order valence-corrected chi connectivity index (χ0v) is 20.6. The summed E-state index contributed by atoms with van der Waals surface area (Å²) in [6, 6.07) is 4.70. The molecule has 5 amide bonds. The van der Waals surface area contributed by atoms with Gasteiger partial charge < -0.3 is 31.5 Å². The molecule has 0 saturated carbocycles. The van der Waals surface area contributed by atoms with Crippen LogP contribution in [0.3, 0.4) is 0 Å². The van der Waals surface area contributed by atoms with Crippen LogP contribution in [0, 0.1) is 0 Å². The summed E-state index contributed by atoms with van der Waals surface area (Å²) < 4.78 is 0. The number of nitrogens with zero attached hydrogens (tertiary/aromatic N) is 1. The van der Waals surface area contributed by atoms with Crippen molar-refractivity contribution in [3.05, 3.63) is 55.1 Å². The van der Waals surface area contributed by atoms with Crippen LogP contribution in [0.2, 0.25) is 0 Å². The first kappa shape index (κ1) is 28.2. The Kier molecular flexibility index (Phi) is 10.8. The van der Waals surface area contributed by atoms with E-state index in [1.165, 1.54) is 4.90 Å². The van der Waals surface area contributed by atoms with Gasteiger partial charge in [0.25, 0.3) is 0 Å². The second-order valence-electron chi connectivity index (χ2n) is 8.32. The number of hydrogen-bond acceptors (Lipinski definition) is 6. The highest BCUT2D eigenvalue weighted by Gasteiger charge is 2.38. The zero-order chi connectivity index (χ0) is 26.7. The Morgan fingerprint density at radius 1 is 1.11 bits per heavy atom. The normalized spacial score (nSPS) is 16.3. The van der Waals surface area contributed by atoms with Gasteiger partial charge in [-0.15, -0.1) is 0 Å². The molecule has 0 spiro atoms. The number of benzene rings is 1. The number of carbonyl (C=O) groups excluding carboxylic acids is 5. The van der Waals surface area contributed by atoms with Gasteiger partial charge in [0.1, 0.15) is 12.1 Å². The van der Waals surface area contributed by atoms with Gasteiger partial charge in [-0.1, -0.05) is 25.3 Å². The number of carbonyl (C=O) groups is 5. The summed E-state index contributed by atoms with van der Waals surface area (Å²) in [5.74, 6) is -2.02. The lowest BCUT2D eigenvalue weighted by Crippen LogP contribution is -2.58. The van der Waals surface area contributed by atoms with Gasteiger partial charge in [-0.05, 0) is 56.7 Å². The van der Waals surface area contributed by atoms with E-state index in [2.05, 4.69) is 39.7 Å².